The highest BCUT2D eigenvalue weighted by Crippen LogP contribution is 2.57. The van der Waals surface area contributed by atoms with E-state index in [1.54, 1.807) is 0 Å². The number of nitrogens with zero attached hydrogens (tertiary/aromatic N) is 3. The molecule has 1 aromatic carbocycles. The van der Waals surface area contributed by atoms with Crippen molar-refractivity contribution in [1.82, 2.24) is 15.1 Å². The van der Waals surface area contributed by atoms with Crippen LogP contribution in [0.3, 0.4) is 0 Å². The molecule has 4 fully saturated rings. The quantitative estimate of drug-likeness (QED) is 0.730. The summed E-state index contributed by atoms with van der Waals surface area (Å²) in [5.74, 6) is 0.00269. The molecule has 3 atom stereocenters. The molecule has 1 aliphatic carbocycles. The molecular weight excluding hydrogens is 404 g/mol. The summed E-state index contributed by atoms with van der Waals surface area (Å²) in [4.78, 5) is 46.9. The van der Waals surface area contributed by atoms with Crippen LogP contribution in [-0.2, 0) is 19.9 Å². The van der Waals surface area contributed by atoms with Crippen molar-refractivity contribution in [3.05, 3.63) is 29.8 Å². The third-order valence-corrected chi connectivity index (χ3v) is 8.60. The number of fused-ring (bicyclic) bond motifs is 4. The highest BCUT2D eigenvalue weighted by atomic mass is 16.2. The zero-order chi connectivity index (χ0) is 21.9. The molecular formula is C25H32N4O3. The molecule has 5 aliphatic rings. The third-order valence-electron chi connectivity index (χ3n) is 8.60. The fourth-order valence-electron chi connectivity index (χ4n) is 6.85. The zero-order valence-corrected chi connectivity index (χ0v) is 18.6. The maximum Gasteiger partial charge on any atom is 0.253 e. The maximum absolute atomic E-state index is 14.3. The van der Waals surface area contributed by atoms with E-state index >= 15 is 0 Å². The van der Waals surface area contributed by atoms with E-state index in [9.17, 15) is 14.4 Å². The number of para-hydroxylation sites is 1. The van der Waals surface area contributed by atoms with E-state index in [-0.39, 0.29) is 35.6 Å². The monoisotopic (exact) mass is 436 g/mol. The topological polar surface area (TPSA) is 73.0 Å². The molecule has 2 bridgehead atoms. The van der Waals surface area contributed by atoms with E-state index in [0.717, 1.165) is 62.7 Å². The van der Waals surface area contributed by atoms with Gasteiger partial charge in [-0.1, -0.05) is 24.6 Å². The first kappa shape index (κ1) is 20.2. The van der Waals surface area contributed by atoms with Gasteiger partial charge in [0.25, 0.3) is 5.91 Å². The summed E-state index contributed by atoms with van der Waals surface area (Å²) in [5, 5.41) is 3.13. The lowest BCUT2D eigenvalue weighted by molar-refractivity contribution is -0.140. The van der Waals surface area contributed by atoms with Crippen molar-refractivity contribution in [3.8, 4) is 0 Å². The minimum absolute atomic E-state index is 0.0122. The van der Waals surface area contributed by atoms with Gasteiger partial charge in [-0.2, -0.15) is 0 Å². The fraction of sp³-hybridized carbons (Fsp3) is 0.640. The number of hydrogen-bond acceptors (Lipinski definition) is 4. The lowest BCUT2D eigenvalue weighted by Gasteiger charge is -2.38. The molecule has 0 radical (unpaired) electrons. The molecule has 1 N–H and O–H groups in total. The Hall–Kier alpha value is -2.41. The van der Waals surface area contributed by atoms with Gasteiger partial charge in [0.2, 0.25) is 11.8 Å². The molecule has 4 heterocycles. The number of rotatable bonds is 1. The third kappa shape index (κ3) is 2.73. The lowest BCUT2D eigenvalue weighted by Crippen LogP contribution is -2.57. The van der Waals surface area contributed by atoms with Crippen LogP contribution in [-0.4, -0.2) is 66.3 Å². The first-order chi connectivity index (χ1) is 15.6. The van der Waals surface area contributed by atoms with Crippen LogP contribution >= 0.6 is 0 Å². The van der Waals surface area contributed by atoms with Gasteiger partial charge in [-0.3, -0.25) is 19.3 Å². The van der Waals surface area contributed by atoms with Crippen molar-refractivity contribution in [2.75, 3.05) is 37.6 Å². The Bertz CT molecular complexity index is 960. The van der Waals surface area contributed by atoms with Gasteiger partial charge in [0.1, 0.15) is 5.54 Å². The molecule has 1 saturated carbocycles. The SMILES string of the molecule is O=C1NCCCN(C(=O)C2CCC2)CCN2C(=O)[C@@]3(c4ccccc42)[C@@H]1C[C@@H]1CCCN13. The molecule has 32 heavy (non-hydrogen) atoms. The predicted molar refractivity (Wildman–Crippen MR) is 120 cm³/mol. The van der Waals surface area contributed by atoms with Crippen molar-refractivity contribution >= 4 is 23.4 Å². The number of carbonyl (C=O) groups excluding carboxylic acids is 3. The Labute approximate surface area is 189 Å². The van der Waals surface area contributed by atoms with Crippen LogP contribution in [0.1, 0.15) is 50.5 Å². The van der Waals surface area contributed by atoms with Crippen LogP contribution in [0.15, 0.2) is 24.3 Å². The number of hydrogen-bond donors (Lipinski definition) is 1. The molecule has 0 aromatic heterocycles. The molecule has 1 aromatic rings. The summed E-state index contributed by atoms with van der Waals surface area (Å²) in [7, 11) is 0. The number of amides is 3. The molecule has 4 aliphatic heterocycles. The van der Waals surface area contributed by atoms with Crippen LogP contribution in [0.25, 0.3) is 0 Å². The lowest BCUT2D eigenvalue weighted by atomic mass is 9.78. The molecule has 1 spiro atoms. The van der Waals surface area contributed by atoms with Gasteiger partial charge in [-0.15, -0.1) is 0 Å². The van der Waals surface area contributed by atoms with E-state index in [0.29, 0.717) is 26.2 Å². The fourth-order valence-corrected chi connectivity index (χ4v) is 6.85. The van der Waals surface area contributed by atoms with Gasteiger partial charge < -0.3 is 15.1 Å². The summed E-state index contributed by atoms with van der Waals surface area (Å²) in [5.41, 5.74) is 0.993. The second-order valence-corrected chi connectivity index (χ2v) is 10.1. The Kier molecular flexibility index (Phi) is 4.79. The summed E-state index contributed by atoms with van der Waals surface area (Å²) >= 11 is 0. The van der Waals surface area contributed by atoms with Gasteiger partial charge in [0.05, 0.1) is 5.92 Å². The number of nitrogens with one attached hydrogen (secondary N) is 1. The summed E-state index contributed by atoms with van der Waals surface area (Å²) < 4.78 is 0. The minimum Gasteiger partial charge on any atom is -0.356 e. The number of carbonyl (C=O) groups is 3. The van der Waals surface area contributed by atoms with E-state index in [1.165, 1.54) is 0 Å². The molecule has 3 amide bonds. The summed E-state index contributed by atoms with van der Waals surface area (Å²) in [6.45, 7) is 3.07. The predicted octanol–water partition coefficient (Wildman–Crippen LogP) is 1.86. The molecule has 0 unspecified atom stereocenters. The second-order valence-electron chi connectivity index (χ2n) is 10.1. The highest BCUT2D eigenvalue weighted by molar-refractivity contribution is 6.11. The molecule has 7 nitrogen and oxygen atoms in total. The first-order valence-corrected chi connectivity index (χ1v) is 12.4. The van der Waals surface area contributed by atoms with Crippen molar-refractivity contribution in [1.29, 1.82) is 0 Å². The highest BCUT2D eigenvalue weighted by Gasteiger charge is 2.67. The normalized spacial score (nSPS) is 33.0. The van der Waals surface area contributed by atoms with Crippen LogP contribution in [0.2, 0.25) is 0 Å². The van der Waals surface area contributed by atoms with Crippen molar-refractivity contribution in [2.24, 2.45) is 11.8 Å². The van der Waals surface area contributed by atoms with Gasteiger partial charge >= 0.3 is 0 Å². The Morgan fingerprint density at radius 1 is 0.969 bits per heavy atom. The van der Waals surface area contributed by atoms with Crippen LogP contribution in [0.4, 0.5) is 5.69 Å². The van der Waals surface area contributed by atoms with Gasteiger partial charge in [-0.05, 0) is 51.1 Å². The van der Waals surface area contributed by atoms with Gasteiger partial charge in [-0.25, -0.2) is 0 Å². The zero-order valence-electron chi connectivity index (χ0n) is 18.6. The Morgan fingerprint density at radius 2 is 1.81 bits per heavy atom. The van der Waals surface area contributed by atoms with Gasteiger partial charge in [0, 0.05) is 49.4 Å². The van der Waals surface area contributed by atoms with E-state index in [1.807, 2.05) is 34.1 Å². The first-order valence-electron chi connectivity index (χ1n) is 12.4. The standard InChI is InChI=1S/C25H32N4O3/c30-22-20-16-18-8-4-13-29(18)25(20)19-9-1-2-10-21(19)28(24(25)32)15-14-27(12-5-11-26-22)23(31)17-6-3-7-17/h1-2,9-10,17-18,20H,3-8,11-16H2,(H,26,30)/t18-,20+,25+/m0/s1. The van der Waals surface area contributed by atoms with Crippen molar-refractivity contribution in [2.45, 2.75) is 56.5 Å². The van der Waals surface area contributed by atoms with Crippen LogP contribution in [0, 0.1) is 11.8 Å². The number of anilines is 1. The Balaban J connectivity index is 1.41. The van der Waals surface area contributed by atoms with Crippen molar-refractivity contribution in [3.63, 3.8) is 0 Å². The second kappa shape index (κ2) is 7.58. The van der Waals surface area contributed by atoms with E-state index in [4.69, 9.17) is 0 Å². The minimum atomic E-state index is -0.899. The number of benzene rings is 1. The average Bonchev–Trinajstić information content (AvgIpc) is 3.40. The molecule has 3 saturated heterocycles. The van der Waals surface area contributed by atoms with Gasteiger partial charge in [0.15, 0.2) is 0 Å². The summed E-state index contributed by atoms with van der Waals surface area (Å²) in [6, 6.07) is 8.30. The largest absolute Gasteiger partial charge is 0.356 e. The molecule has 6 rings (SSSR count). The molecule has 170 valence electrons. The average molecular weight is 437 g/mol. The van der Waals surface area contributed by atoms with Crippen LogP contribution in [0.5, 0.6) is 0 Å². The van der Waals surface area contributed by atoms with Crippen molar-refractivity contribution < 1.29 is 14.4 Å². The summed E-state index contributed by atoms with van der Waals surface area (Å²) in [6.07, 6.45) is 6.67. The Morgan fingerprint density at radius 3 is 2.62 bits per heavy atom. The van der Waals surface area contributed by atoms with Crippen LogP contribution < -0.4 is 10.2 Å². The molecule has 7 heteroatoms. The maximum atomic E-state index is 14.3. The smallest absolute Gasteiger partial charge is 0.253 e. The van der Waals surface area contributed by atoms with E-state index in [2.05, 4.69) is 10.2 Å². The van der Waals surface area contributed by atoms with E-state index < -0.39 is 5.54 Å².